The first-order chi connectivity index (χ1) is 13.1. The van der Waals surface area contributed by atoms with Crippen LogP contribution >= 0.6 is 23.1 Å². The molecule has 4 rings (SSSR count). The summed E-state index contributed by atoms with van der Waals surface area (Å²) >= 11 is 2.06. The number of piperazine rings is 1. The molecule has 3 aromatic rings. The van der Waals surface area contributed by atoms with Crippen molar-refractivity contribution in [2.24, 2.45) is 0 Å². The highest BCUT2D eigenvalue weighted by Gasteiger charge is 2.24. The molecule has 0 aliphatic carbocycles. The van der Waals surface area contributed by atoms with E-state index in [1.54, 1.807) is 46.8 Å². The summed E-state index contributed by atoms with van der Waals surface area (Å²) < 4.78 is 24.8. The lowest BCUT2D eigenvalue weighted by atomic mass is 10.2. The molecule has 1 amide bonds. The first-order valence-electron chi connectivity index (χ1n) is 8.39. The number of nitrogens with zero attached hydrogens (tertiary/aromatic N) is 4. The van der Waals surface area contributed by atoms with E-state index in [9.17, 15) is 13.6 Å². The fraction of sp³-hybridized carbons (Fsp3) is 0.278. The van der Waals surface area contributed by atoms with Crippen molar-refractivity contribution in [1.82, 2.24) is 14.9 Å². The quantitative estimate of drug-likeness (QED) is 0.614. The summed E-state index contributed by atoms with van der Waals surface area (Å²) in [5, 5.41) is 3.04. The van der Waals surface area contributed by atoms with Gasteiger partial charge in [-0.25, -0.2) is 9.97 Å². The van der Waals surface area contributed by atoms with Crippen molar-refractivity contribution < 1.29 is 13.6 Å². The van der Waals surface area contributed by atoms with Gasteiger partial charge in [-0.2, -0.15) is 8.78 Å². The van der Waals surface area contributed by atoms with E-state index in [4.69, 9.17) is 0 Å². The van der Waals surface area contributed by atoms with Crippen LogP contribution in [-0.2, 0) is 0 Å². The first kappa shape index (κ1) is 18.1. The lowest BCUT2D eigenvalue weighted by Gasteiger charge is -2.35. The van der Waals surface area contributed by atoms with Gasteiger partial charge in [0.25, 0.3) is 11.7 Å². The molecule has 0 N–H and O–H groups in total. The van der Waals surface area contributed by atoms with Crippen molar-refractivity contribution in [1.29, 1.82) is 0 Å². The zero-order valence-corrected chi connectivity index (χ0v) is 15.8. The van der Waals surface area contributed by atoms with Crippen molar-refractivity contribution >= 4 is 45.0 Å². The van der Waals surface area contributed by atoms with Gasteiger partial charge in [-0.1, -0.05) is 11.8 Å². The van der Waals surface area contributed by atoms with Gasteiger partial charge in [0.15, 0.2) is 0 Å². The lowest BCUT2D eigenvalue weighted by molar-refractivity contribution is 0.0746. The zero-order valence-electron chi connectivity index (χ0n) is 14.2. The second-order valence-corrected chi connectivity index (χ2v) is 7.98. The van der Waals surface area contributed by atoms with E-state index in [1.165, 1.54) is 0 Å². The third-order valence-corrected chi connectivity index (χ3v) is 5.98. The van der Waals surface area contributed by atoms with Crippen LogP contribution in [0.4, 0.5) is 14.6 Å². The summed E-state index contributed by atoms with van der Waals surface area (Å²) in [6.07, 6.45) is 1.57. The third kappa shape index (κ3) is 3.89. The number of rotatable bonds is 4. The van der Waals surface area contributed by atoms with E-state index in [0.29, 0.717) is 48.4 Å². The van der Waals surface area contributed by atoms with Crippen LogP contribution in [0.15, 0.2) is 46.9 Å². The Labute approximate surface area is 163 Å². The van der Waals surface area contributed by atoms with Crippen molar-refractivity contribution in [3.05, 3.63) is 47.6 Å². The van der Waals surface area contributed by atoms with Gasteiger partial charge in [0.05, 0.1) is 5.39 Å². The van der Waals surface area contributed by atoms with Crippen LogP contribution < -0.4 is 4.90 Å². The molecule has 1 aliphatic rings. The average molecular weight is 406 g/mol. The first-order valence-corrected chi connectivity index (χ1v) is 10.1. The predicted molar refractivity (Wildman–Crippen MR) is 104 cm³/mol. The molecule has 27 heavy (non-hydrogen) atoms. The van der Waals surface area contributed by atoms with Gasteiger partial charge >= 0.3 is 0 Å². The Morgan fingerprint density at radius 3 is 2.52 bits per heavy atom. The number of anilines is 1. The lowest BCUT2D eigenvalue weighted by Crippen LogP contribution is -2.49. The number of amides is 1. The predicted octanol–water partition coefficient (Wildman–Crippen LogP) is 3.97. The molecule has 5 nitrogen and oxygen atoms in total. The summed E-state index contributed by atoms with van der Waals surface area (Å²) in [7, 11) is 0. The number of fused-ring (bicyclic) bond motifs is 1. The molecule has 0 saturated carbocycles. The molecule has 140 valence electrons. The second-order valence-electron chi connectivity index (χ2n) is 6.02. The van der Waals surface area contributed by atoms with Crippen LogP contribution in [-0.4, -0.2) is 52.7 Å². The molecule has 0 atom stereocenters. The Bertz CT molecular complexity index is 940. The smallest absolute Gasteiger partial charge is 0.288 e. The molecule has 0 spiro atoms. The summed E-state index contributed by atoms with van der Waals surface area (Å²) in [5.74, 6) is -1.63. The number of thioether (sulfide) groups is 1. The van der Waals surface area contributed by atoms with Crippen molar-refractivity contribution in [3.8, 4) is 0 Å². The minimum absolute atomic E-state index is 0.0772. The maximum Gasteiger partial charge on any atom is 0.288 e. The number of carbonyl (C=O) groups excluding carboxylic acids is 1. The highest BCUT2D eigenvalue weighted by Crippen LogP contribution is 2.28. The highest BCUT2D eigenvalue weighted by atomic mass is 32.2. The topological polar surface area (TPSA) is 49.3 Å². The number of halogens is 2. The summed E-state index contributed by atoms with van der Waals surface area (Å²) in [5.41, 5.74) is 0.518. The maximum absolute atomic E-state index is 12.7. The van der Waals surface area contributed by atoms with Gasteiger partial charge in [0, 0.05) is 36.6 Å². The van der Waals surface area contributed by atoms with Crippen LogP contribution in [0.3, 0.4) is 0 Å². The third-order valence-electron chi connectivity index (χ3n) is 4.43. The van der Waals surface area contributed by atoms with E-state index in [0.717, 1.165) is 16.0 Å². The van der Waals surface area contributed by atoms with Crippen LogP contribution in [0, 0.1) is 0 Å². The molecular formula is C18H16F2N4OS2. The molecule has 1 saturated heterocycles. The molecule has 9 heteroatoms. The monoisotopic (exact) mass is 406 g/mol. The number of hydrogen-bond donors (Lipinski definition) is 0. The van der Waals surface area contributed by atoms with Crippen LogP contribution in [0.25, 0.3) is 10.2 Å². The fourth-order valence-corrected chi connectivity index (χ4v) is 4.34. The molecule has 1 aliphatic heterocycles. The van der Waals surface area contributed by atoms with Gasteiger partial charge in [-0.05, 0) is 35.7 Å². The molecular weight excluding hydrogens is 390 g/mol. The Balaban J connectivity index is 1.41. The highest BCUT2D eigenvalue weighted by molar-refractivity contribution is 7.99. The molecule has 1 aromatic carbocycles. The molecule has 0 radical (unpaired) electrons. The van der Waals surface area contributed by atoms with Crippen molar-refractivity contribution in [2.75, 3.05) is 31.1 Å². The van der Waals surface area contributed by atoms with Crippen LogP contribution in [0.1, 0.15) is 10.4 Å². The van der Waals surface area contributed by atoms with Crippen molar-refractivity contribution in [3.63, 3.8) is 0 Å². The standard InChI is InChI=1S/C18H16F2N4OS2/c19-18(20)27-13-3-1-12(2-4-13)17(25)24-8-6-23(7-9-24)15-14-5-10-26-16(14)22-11-21-15/h1-5,10-11,18H,6-9H2. The van der Waals surface area contributed by atoms with Crippen molar-refractivity contribution in [2.45, 2.75) is 10.7 Å². The minimum Gasteiger partial charge on any atom is -0.352 e. The number of hydrogen-bond acceptors (Lipinski definition) is 6. The fourth-order valence-electron chi connectivity index (χ4n) is 3.11. The molecule has 2 aromatic heterocycles. The van der Waals surface area contributed by atoms with E-state index in [2.05, 4.69) is 14.9 Å². The molecule has 0 bridgehead atoms. The van der Waals surface area contributed by atoms with Crippen LogP contribution in [0.5, 0.6) is 0 Å². The van der Waals surface area contributed by atoms with Gasteiger partial charge < -0.3 is 9.80 Å². The summed E-state index contributed by atoms with van der Waals surface area (Å²) in [4.78, 5) is 26.7. The number of thiophene rings is 1. The number of alkyl halides is 2. The Morgan fingerprint density at radius 1 is 1.07 bits per heavy atom. The van der Waals surface area contributed by atoms with E-state index >= 15 is 0 Å². The Hall–Kier alpha value is -2.26. The normalized spacial score (nSPS) is 14.9. The van der Waals surface area contributed by atoms with E-state index in [-0.39, 0.29) is 5.91 Å². The van der Waals surface area contributed by atoms with E-state index in [1.807, 2.05) is 11.4 Å². The number of carbonyl (C=O) groups is 1. The molecule has 3 heterocycles. The largest absolute Gasteiger partial charge is 0.352 e. The summed E-state index contributed by atoms with van der Waals surface area (Å²) in [6.45, 7) is 2.55. The average Bonchev–Trinajstić information content (AvgIpc) is 3.17. The SMILES string of the molecule is O=C(c1ccc(SC(F)F)cc1)N1CCN(c2ncnc3sccc23)CC1. The van der Waals surface area contributed by atoms with Gasteiger partial charge in [0.2, 0.25) is 0 Å². The maximum atomic E-state index is 12.7. The zero-order chi connectivity index (χ0) is 18.8. The molecule has 1 fully saturated rings. The second kappa shape index (κ2) is 7.77. The van der Waals surface area contributed by atoms with Crippen LogP contribution in [0.2, 0.25) is 0 Å². The van der Waals surface area contributed by atoms with Gasteiger partial charge in [-0.15, -0.1) is 11.3 Å². The minimum atomic E-state index is -2.46. The Kier molecular flexibility index (Phi) is 5.22. The van der Waals surface area contributed by atoms with Gasteiger partial charge in [0.1, 0.15) is 17.0 Å². The van der Waals surface area contributed by atoms with Gasteiger partial charge in [-0.3, -0.25) is 4.79 Å². The Morgan fingerprint density at radius 2 is 1.81 bits per heavy atom. The number of aromatic nitrogens is 2. The molecule has 0 unspecified atom stereocenters. The number of benzene rings is 1. The summed E-state index contributed by atoms with van der Waals surface area (Å²) in [6, 6.07) is 8.37. The van der Waals surface area contributed by atoms with E-state index < -0.39 is 5.76 Å².